The van der Waals surface area contributed by atoms with Gasteiger partial charge in [0, 0.05) is 12.1 Å². The predicted molar refractivity (Wildman–Crippen MR) is 88.5 cm³/mol. The number of nitrogens with zero attached hydrogens (tertiary/aromatic N) is 2. The Morgan fingerprint density at radius 1 is 1.12 bits per heavy atom. The molecule has 2 aliphatic carbocycles. The van der Waals surface area contributed by atoms with Crippen LogP contribution in [0, 0.1) is 33.8 Å². The highest BCUT2D eigenvalue weighted by Crippen LogP contribution is 2.53. The minimum absolute atomic E-state index is 0.0438. The van der Waals surface area contributed by atoms with E-state index in [9.17, 15) is 29.9 Å². The number of hydrogen-bond acceptors (Lipinski definition) is 6. The Bertz CT molecular complexity index is 774. The van der Waals surface area contributed by atoms with Gasteiger partial charge in [-0.25, -0.2) is 0 Å². The quantitative estimate of drug-likeness (QED) is 0.347. The zero-order chi connectivity index (χ0) is 18.6. The third-order valence-corrected chi connectivity index (χ3v) is 5.83. The molecule has 3 aliphatic rings. The van der Waals surface area contributed by atoms with Crippen LogP contribution in [0.1, 0.15) is 18.1 Å². The summed E-state index contributed by atoms with van der Waals surface area (Å²) in [7, 11) is 0. The highest BCUT2D eigenvalue weighted by atomic mass is 16.6. The van der Waals surface area contributed by atoms with Crippen LogP contribution in [-0.2, 0) is 9.59 Å². The maximum Gasteiger partial charge on any atom is 0.269 e. The van der Waals surface area contributed by atoms with Crippen LogP contribution in [-0.4, -0.2) is 44.5 Å². The van der Waals surface area contributed by atoms with Crippen molar-refractivity contribution in [1.29, 1.82) is 0 Å². The van der Waals surface area contributed by atoms with Crippen molar-refractivity contribution in [3.05, 3.63) is 52.1 Å². The maximum atomic E-state index is 12.8. The number of aliphatic hydroxyl groups excluding tert-OH is 2. The third kappa shape index (κ3) is 2.29. The lowest BCUT2D eigenvalue weighted by molar-refractivity contribution is -0.384. The van der Waals surface area contributed by atoms with E-state index in [1.54, 1.807) is 0 Å². The summed E-state index contributed by atoms with van der Waals surface area (Å²) >= 11 is 0. The van der Waals surface area contributed by atoms with Crippen molar-refractivity contribution in [2.75, 3.05) is 6.61 Å². The Balaban J connectivity index is 1.60. The first-order valence-electron chi connectivity index (χ1n) is 8.52. The van der Waals surface area contributed by atoms with Gasteiger partial charge in [0.25, 0.3) is 5.69 Å². The van der Waals surface area contributed by atoms with Crippen LogP contribution in [0.4, 0.5) is 5.69 Å². The highest BCUT2D eigenvalue weighted by molar-refractivity contribution is 6.06. The number of amides is 2. The molecule has 1 aromatic carbocycles. The summed E-state index contributed by atoms with van der Waals surface area (Å²) in [6.45, 7) is -0.585. The van der Waals surface area contributed by atoms with Crippen LogP contribution in [0.25, 0.3) is 0 Å². The summed E-state index contributed by atoms with van der Waals surface area (Å²) in [5.41, 5.74) is 0.167. The summed E-state index contributed by atoms with van der Waals surface area (Å²) in [4.78, 5) is 36.8. The lowest BCUT2D eigenvalue weighted by atomic mass is 9.85. The maximum absolute atomic E-state index is 12.8. The van der Waals surface area contributed by atoms with Gasteiger partial charge in [0.15, 0.2) is 0 Å². The number of likely N-dealkylation sites (tertiary alicyclic amines) is 1. The van der Waals surface area contributed by atoms with E-state index in [4.69, 9.17) is 0 Å². The molecular formula is C18H18N2O6. The lowest BCUT2D eigenvalue weighted by Crippen LogP contribution is -2.47. The van der Waals surface area contributed by atoms with Crippen LogP contribution in [0.5, 0.6) is 0 Å². The topological polar surface area (TPSA) is 121 Å². The summed E-state index contributed by atoms with van der Waals surface area (Å²) in [6.07, 6.45) is 3.43. The van der Waals surface area contributed by atoms with Crippen molar-refractivity contribution in [1.82, 2.24) is 4.90 Å². The van der Waals surface area contributed by atoms with E-state index < -0.39 is 35.5 Å². The number of nitro groups is 1. The number of carbonyl (C=O) groups is 2. The average Bonchev–Trinajstić information content (AvgIpc) is 3.31. The fourth-order valence-corrected chi connectivity index (χ4v) is 4.59. The molecule has 1 aromatic rings. The van der Waals surface area contributed by atoms with E-state index in [0.29, 0.717) is 5.56 Å². The van der Waals surface area contributed by atoms with E-state index in [2.05, 4.69) is 0 Å². The molecule has 1 saturated carbocycles. The molecule has 2 bridgehead atoms. The zero-order valence-electron chi connectivity index (χ0n) is 13.8. The van der Waals surface area contributed by atoms with Crippen molar-refractivity contribution in [2.45, 2.75) is 18.6 Å². The van der Waals surface area contributed by atoms with Gasteiger partial charge in [-0.2, -0.15) is 0 Å². The average molecular weight is 358 g/mol. The van der Waals surface area contributed by atoms with Gasteiger partial charge < -0.3 is 10.2 Å². The van der Waals surface area contributed by atoms with Crippen LogP contribution >= 0.6 is 0 Å². The summed E-state index contributed by atoms with van der Waals surface area (Å²) < 4.78 is 0. The first kappa shape index (κ1) is 16.9. The Morgan fingerprint density at radius 2 is 1.65 bits per heavy atom. The second-order valence-corrected chi connectivity index (χ2v) is 7.09. The standard InChI is InChI=1S/C18H18N2O6/c21-8-13(16(22)9-3-5-12(6-4-9)20(25)26)19-17(23)14-10-1-2-11(7-10)15(14)18(19)24/h1-6,10-11,13-16,21-22H,7-8H2/t10-,11+,13-,14+,15-,16+/m1/s1. The zero-order valence-corrected chi connectivity index (χ0v) is 13.8. The molecule has 0 radical (unpaired) electrons. The molecule has 0 spiro atoms. The number of imide groups is 1. The monoisotopic (exact) mass is 358 g/mol. The van der Waals surface area contributed by atoms with E-state index in [1.165, 1.54) is 24.3 Å². The fraction of sp³-hybridized carbons (Fsp3) is 0.444. The second kappa shape index (κ2) is 6.00. The molecule has 8 nitrogen and oxygen atoms in total. The van der Waals surface area contributed by atoms with E-state index >= 15 is 0 Å². The van der Waals surface area contributed by atoms with Gasteiger partial charge in [0.05, 0.1) is 29.4 Å². The molecule has 1 aliphatic heterocycles. The summed E-state index contributed by atoms with van der Waals surface area (Å²) in [5, 5.41) is 31.1. The highest BCUT2D eigenvalue weighted by Gasteiger charge is 2.60. The number of rotatable bonds is 5. The van der Waals surface area contributed by atoms with Crippen LogP contribution < -0.4 is 0 Å². The van der Waals surface area contributed by atoms with E-state index in [-0.39, 0.29) is 29.3 Å². The lowest BCUT2D eigenvalue weighted by Gasteiger charge is -2.30. The number of allylic oxidation sites excluding steroid dienone is 2. The molecule has 8 heteroatoms. The number of hydrogen-bond donors (Lipinski definition) is 2. The van der Waals surface area contributed by atoms with Gasteiger partial charge in [-0.1, -0.05) is 12.2 Å². The molecule has 6 atom stereocenters. The van der Waals surface area contributed by atoms with Crippen molar-refractivity contribution >= 4 is 17.5 Å². The Hall–Kier alpha value is -2.58. The molecule has 26 heavy (non-hydrogen) atoms. The number of non-ortho nitro benzene ring substituents is 1. The van der Waals surface area contributed by atoms with Crippen molar-refractivity contribution in [3.63, 3.8) is 0 Å². The molecule has 2 N–H and O–H groups in total. The molecule has 136 valence electrons. The molecule has 2 amide bonds. The SMILES string of the molecule is O=C1[C@@H]2[C@H](C(=O)N1[C@H](CO)[C@@H](O)c1ccc([N+](=O)[O-])cc1)[C@H]1C=C[C@@H]2C1. The Kier molecular flexibility index (Phi) is 3.89. The summed E-state index contributed by atoms with van der Waals surface area (Å²) in [6, 6.07) is 4.09. The van der Waals surface area contributed by atoms with Crippen LogP contribution in [0.3, 0.4) is 0 Å². The number of benzene rings is 1. The minimum atomic E-state index is -1.32. The molecule has 1 saturated heterocycles. The predicted octanol–water partition coefficient (Wildman–Crippen LogP) is 0.796. The van der Waals surface area contributed by atoms with Crippen LogP contribution in [0.15, 0.2) is 36.4 Å². The first-order valence-corrected chi connectivity index (χ1v) is 8.52. The number of fused-ring (bicyclic) bond motifs is 5. The van der Waals surface area contributed by atoms with Crippen molar-refractivity contribution in [3.8, 4) is 0 Å². The number of carbonyl (C=O) groups excluding carboxylic acids is 2. The van der Waals surface area contributed by atoms with E-state index in [0.717, 1.165) is 11.3 Å². The first-order chi connectivity index (χ1) is 12.4. The number of nitro benzene ring substituents is 1. The molecular weight excluding hydrogens is 340 g/mol. The normalized spacial score (nSPS) is 31.4. The van der Waals surface area contributed by atoms with Gasteiger partial charge in [-0.3, -0.25) is 24.6 Å². The van der Waals surface area contributed by atoms with Gasteiger partial charge in [0.1, 0.15) is 6.10 Å². The smallest absolute Gasteiger partial charge is 0.269 e. The van der Waals surface area contributed by atoms with Crippen molar-refractivity contribution in [2.24, 2.45) is 23.7 Å². The molecule has 4 rings (SSSR count). The molecule has 0 aromatic heterocycles. The third-order valence-electron chi connectivity index (χ3n) is 5.83. The van der Waals surface area contributed by atoms with Gasteiger partial charge >= 0.3 is 0 Å². The Morgan fingerprint density at radius 3 is 2.12 bits per heavy atom. The van der Waals surface area contributed by atoms with Gasteiger partial charge in [0.2, 0.25) is 11.8 Å². The summed E-state index contributed by atoms with van der Waals surface area (Å²) in [5.74, 6) is -1.43. The molecule has 1 heterocycles. The van der Waals surface area contributed by atoms with Gasteiger partial charge in [-0.05, 0) is 36.0 Å². The minimum Gasteiger partial charge on any atom is -0.394 e. The second-order valence-electron chi connectivity index (χ2n) is 7.09. The Labute approximate surface area is 148 Å². The number of aliphatic hydroxyl groups is 2. The van der Waals surface area contributed by atoms with Gasteiger partial charge in [-0.15, -0.1) is 0 Å². The van der Waals surface area contributed by atoms with Crippen molar-refractivity contribution < 1.29 is 24.7 Å². The van der Waals surface area contributed by atoms with Crippen LogP contribution in [0.2, 0.25) is 0 Å². The molecule has 0 unspecified atom stereocenters. The van der Waals surface area contributed by atoms with E-state index in [1.807, 2.05) is 12.2 Å². The fourth-order valence-electron chi connectivity index (χ4n) is 4.59. The molecule has 2 fully saturated rings. The largest absolute Gasteiger partial charge is 0.394 e.